The highest BCUT2D eigenvalue weighted by atomic mass is 35.5. The smallest absolute Gasteiger partial charge is 0.174 e. The van der Waals surface area contributed by atoms with Gasteiger partial charge in [0.1, 0.15) is 12.4 Å². The number of ether oxygens (including phenoxy) is 1. The molecule has 0 fully saturated rings. The van der Waals surface area contributed by atoms with Crippen molar-refractivity contribution in [1.82, 2.24) is 9.97 Å². The number of benzene rings is 1. The van der Waals surface area contributed by atoms with Gasteiger partial charge in [-0.05, 0) is 19.1 Å². The second-order valence-corrected chi connectivity index (χ2v) is 4.31. The minimum atomic E-state index is -0.506. The maximum atomic E-state index is 13.5. The van der Waals surface area contributed by atoms with Gasteiger partial charge in [-0.15, -0.1) is 0 Å². The predicted octanol–water partition coefficient (Wildman–Crippen LogP) is 3.20. The minimum Gasteiger partial charge on any atom is -0.481 e. The lowest BCUT2D eigenvalue weighted by molar-refractivity contribution is 0.281. The molecule has 0 bridgehead atoms. The van der Waals surface area contributed by atoms with Gasteiger partial charge in [0, 0.05) is 18.8 Å². The van der Waals surface area contributed by atoms with Crippen molar-refractivity contribution in [2.45, 2.75) is 13.5 Å². The summed E-state index contributed by atoms with van der Waals surface area (Å²) in [5, 5.41) is 3.15. The predicted molar refractivity (Wildman–Crippen MR) is 72.1 cm³/mol. The Balaban J connectivity index is 2.16. The van der Waals surface area contributed by atoms with Crippen LogP contribution in [0.15, 0.2) is 24.3 Å². The third-order valence-electron chi connectivity index (χ3n) is 2.42. The summed E-state index contributed by atoms with van der Waals surface area (Å²) in [7, 11) is 1.76. The molecule has 4 nitrogen and oxygen atoms in total. The molecule has 19 heavy (non-hydrogen) atoms. The molecular weight excluding hydrogens is 269 g/mol. The zero-order valence-electron chi connectivity index (χ0n) is 10.6. The average Bonchev–Trinajstić information content (AvgIpc) is 2.37. The normalized spacial score (nSPS) is 10.3. The van der Waals surface area contributed by atoms with Gasteiger partial charge in [0.25, 0.3) is 0 Å². The molecule has 1 heterocycles. The quantitative estimate of drug-likeness (QED) is 0.935. The number of rotatable bonds is 4. The number of aryl methyl sites for hydroxylation is 1. The molecule has 0 saturated carbocycles. The van der Waals surface area contributed by atoms with Gasteiger partial charge in [-0.2, -0.15) is 0 Å². The summed E-state index contributed by atoms with van der Waals surface area (Å²) in [6.07, 6.45) is 0. The Morgan fingerprint density at radius 3 is 2.84 bits per heavy atom. The average molecular weight is 282 g/mol. The molecule has 0 aliphatic carbocycles. The Morgan fingerprint density at radius 2 is 2.16 bits per heavy atom. The molecule has 1 aromatic heterocycles. The van der Waals surface area contributed by atoms with Crippen LogP contribution in [0.4, 0.5) is 10.2 Å². The van der Waals surface area contributed by atoms with E-state index in [1.807, 2.05) is 6.92 Å². The van der Waals surface area contributed by atoms with Crippen LogP contribution in [0.5, 0.6) is 5.75 Å². The Kier molecular flexibility index (Phi) is 4.16. The third-order valence-corrected chi connectivity index (χ3v) is 2.72. The highest BCUT2D eigenvalue weighted by Gasteiger charge is 2.09. The molecule has 0 atom stereocenters. The van der Waals surface area contributed by atoms with E-state index in [1.54, 1.807) is 19.2 Å². The number of nitrogens with one attached hydrogen (secondary N) is 1. The van der Waals surface area contributed by atoms with Gasteiger partial charge < -0.3 is 10.1 Å². The SMILES string of the molecule is CNc1cc(C)nc(COc2c(F)cccc2Cl)n1. The zero-order chi connectivity index (χ0) is 13.8. The molecule has 2 aromatic rings. The Morgan fingerprint density at radius 1 is 1.37 bits per heavy atom. The highest BCUT2D eigenvalue weighted by molar-refractivity contribution is 6.32. The van der Waals surface area contributed by atoms with Gasteiger partial charge >= 0.3 is 0 Å². The molecule has 6 heteroatoms. The Bertz CT molecular complexity index is 572. The summed E-state index contributed by atoms with van der Waals surface area (Å²) in [4.78, 5) is 8.43. The fourth-order valence-corrected chi connectivity index (χ4v) is 1.80. The van der Waals surface area contributed by atoms with Crippen LogP contribution in [0.1, 0.15) is 11.5 Å². The number of halogens is 2. The molecule has 0 spiro atoms. The first-order valence-corrected chi connectivity index (χ1v) is 6.07. The molecule has 0 aliphatic heterocycles. The van der Waals surface area contributed by atoms with E-state index in [0.29, 0.717) is 11.6 Å². The van der Waals surface area contributed by atoms with E-state index >= 15 is 0 Å². The van der Waals surface area contributed by atoms with Crippen molar-refractivity contribution >= 4 is 17.4 Å². The second kappa shape index (κ2) is 5.84. The summed E-state index contributed by atoms with van der Waals surface area (Å²) in [6, 6.07) is 6.18. The third kappa shape index (κ3) is 3.32. The molecular formula is C13H13ClFN3O. The van der Waals surface area contributed by atoms with E-state index in [1.165, 1.54) is 12.1 Å². The van der Waals surface area contributed by atoms with Crippen LogP contribution < -0.4 is 10.1 Å². The summed E-state index contributed by atoms with van der Waals surface area (Å²) in [5.41, 5.74) is 0.803. The van der Waals surface area contributed by atoms with Crippen molar-refractivity contribution < 1.29 is 9.13 Å². The topological polar surface area (TPSA) is 47.0 Å². The van der Waals surface area contributed by atoms with Crippen LogP contribution in [-0.4, -0.2) is 17.0 Å². The van der Waals surface area contributed by atoms with Crippen molar-refractivity contribution in [2.24, 2.45) is 0 Å². The minimum absolute atomic E-state index is 0.0141. The Labute approximate surface area is 115 Å². The molecule has 0 unspecified atom stereocenters. The van der Waals surface area contributed by atoms with Crippen LogP contribution in [0.2, 0.25) is 5.02 Å². The van der Waals surface area contributed by atoms with Gasteiger partial charge in [-0.25, -0.2) is 14.4 Å². The molecule has 0 amide bonds. The highest BCUT2D eigenvalue weighted by Crippen LogP contribution is 2.27. The van der Waals surface area contributed by atoms with Crippen LogP contribution in [-0.2, 0) is 6.61 Å². The molecule has 1 aromatic carbocycles. The number of aromatic nitrogens is 2. The largest absolute Gasteiger partial charge is 0.481 e. The van der Waals surface area contributed by atoms with Crippen LogP contribution in [0.3, 0.4) is 0 Å². The fraction of sp³-hybridized carbons (Fsp3) is 0.231. The van der Waals surface area contributed by atoms with Crippen LogP contribution >= 0.6 is 11.6 Å². The standard InChI is InChI=1S/C13H13ClFN3O/c1-8-6-11(16-2)18-12(17-8)7-19-13-9(14)4-3-5-10(13)15/h3-6H,7H2,1-2H3,(H,16,17,18). The van der Waals surface area contributed by atoms with Gasteiger partial charge in [-0.3, -0.25) is 0 Å². The first-order valence-electron chi connectivity index (χ1n) is 5.69. The number of hydrogen-bond acceptors (Lipinski definition) is 4. The van der Waals surface area contributed by atoms with E-state index in [4.69, 9.17) is 16.3 Å². The first kappa shape index (κ1) is 13.5. The van der Waals surface area contributed by atoms with Crippen molar-refractivity contribution in [3.05, 3.63) is 46.6 Å². The zero-order valence-corrected chi connectivity index (χ0v) is 11.3. The first-order chi connectivity index (χ1) is 9.10. The summed E-state index contributed by atoms with van der Waals surface area (Å²) in [5.74, 6) is 0.656. The van der Waals surface area contributed by atoms with E-state index in [9.17, 15) is 4.39 Å². The van der Waals surface area contributed by atoms with E-state index in [0.717, 1.165) is 5.69 Å². The second-order valence-electron chi connectivity index (χ2n) is 3.90. The molecule has 0 saturated heterocycles. The van der Waals surface area contributed by atoms with Gasteiger partial charge in [0.05, 0.1) is 5.02 Å². The number of para-hydroxylation sites is 1. The van der Waals surface area contributed by atoms with Crippen molar-refractivity contribution in [3.8, 4) is 5.75 Å². The lowest BCUT2D eigenvalue weighted by atomic mass is 10.3. The maximum absolute atomic E-state index is 13.5. The number of anilines is 1. The Hall–Kier alpha value is -1.88. The fourth-order valence-electron chi connectivity index (χ4n) is 1.58. The molecule has 2 rings (SSSR count). The summed E-state index contributed by atoms with van der Waals surface area (Å²) < 4.78 is 18.9. The van der Waals surface area contributed by atoms with Crippen molar-refractivity contribution in [1.29, 1.82) is 0 Å². The van der Waals surface area contributed by atoms with E-state index in [2.05, 4.69) is 15.3 Å². The lowest BCUT2D eigenvalue weighted by Crippen LogP contribution is -2.06. The monoisotopic (exact) mass is 281 g/mol. The van der Waals surface area contributed by atoms with E-state index in [-0.39, 0.29) is 17.4 Å². The van der Waals surface area contributed by atoms with Crippen molar-refractivity contribution in [3.63, 3.8) is 0 Å². The van der Waals surface area contributed by atoms with E-state index < -0.39 is 5.82 Å². The van der Waals surface area contributed by atoms with Crippen molar-refractivity contribution in [2.75, 3.05) is 12.4 Å². The van der Waals surface area contributed by atoms with Crippen LogP contribution in [0, 0.1) is 12.7 Å². The number of hydrogen-bond donors (Lipinski definition) is 1. The summed E-state index contributed by atoms with van der Waals surface area (Å²) >= 11 is 5.87. The number of nitrogens with zero attached hydrogens (tertiary/aromatic N) is 2. The van der Waals surface area contributed by atoms with Gasteiger partial charge in [0.15, 0.2) is 17.4 Å². The molecule has 0 aliphatic rings. The molecule has 100 valence electrons. The molecule has 0 radical (unpaired) electrons. The molecule has 1 N–H and O–H groups in total. The van der Waals surface area contributed by atoms with Crippen LogP contribution in [0.25, 0.3) is 0 Å². The maximum Gasteiger partial charge on any atom is 0.174 e. The lowest BCUT2D eigenvalue weighted by Gasteiger charge is -2.09. The van der Waals surface area contributed by atoms with Gasteiger partial charge in [-0.1, -0.05) is 17.7 Å². The van der Waals surface area contributed by atoms with Gasteiger partial charge in [0.2, 0.25) is 0 Å². The summed E-state index contributed by atoms with van der Waals surface area (Å²) in [6.45, 7) is 1.90.